The number of nitrogens with one attached hydrogen (secondary N) is 1. The number of carbonyl (C=O) groups excluding carboxylic acids is 2. The molecule has 230 valence electrons. The van der Waals surface area contributed by atoms with Crippen LogP contribution in [-0.4, -0.2) is 56.3 Å². The number of piperidine rings is 1. The fourth-order valence-electron chi connectivity index (χ4n) is 5.76. The summed E-state index contributed by atoms with van der Waals surface area (Å²) in [6.45, 7) is 6.96. The minimum Gasteiger partial charge on any atom is -0.479 e. The van der Waals surface area contributed by atoms with Crippen molar-refractivity contribution < 1.29 is 29.3 Å². The first-order valence-electron chi connectivity index (χ1n) is 14.9. The maximum absolute atomic E-state index is 13.4. The number of carbonyl (C=O) groups is 3. The number of nitrogens with zero attached hydrogens (tertiary/aromatic N) is 2. The SMILES string of the molecule is CC(C)(C)OC(=O)NCc1cccc(C2CCN(C(=O)c3ccc4c(ccn4CC(O)(C(=O)O)c4ccccc4)c3)CC2)c1. The molecule has 2 heterocycles. The highest BCUT2D eigenvalue weighted by Gasteiger charge is 2.38. The van der Waals surface area contributed by atoms with Crippen molar-refractivity contribution in [2.75, 3.05) is 13.1 Å². The lowest BCUT2D eigenvalue weighted by Gasteiger charge is -2.32. The van der Waals surface area contributed by atoms with Crippen molar-refractivity contribution in [1.82, 2.24) is 14.8 Å². The van der Waals surface area contributed by atoms with E-state index in [1.807, 2.05) is 49.9 Å². The van der Waals surface area contributed by atoms with Gasteiger partial charge in [-0.15, -0.1) is 0 Å². The van der Waals surface area contributed by atoms with Crippen molar-refractivity contribution in [1.29, 1.82) is 0 Å². The summed E-state index contributed by atoms with van der Waals surface area (Å²) in [5.74, 6) is -1.06. The molecule has 1 unspecified atom stereocenters. The minimum absolute atomic E-state index is 0.0419. The topological polar surface area (TPSA) is 121 Å². The summed E-state index contributed by atoms with van der Waals surface area (Å²) >= 11 is 0. The smallest absolute Gasteiger partial charge is 0.407 e. The van der Waals surface area contributed by atoms with Gasteiger partial charge in [-0.1, -0.05) is 54.6 Å². The second-order valence-electron chi connectivity index (χ2n) is 12.4. The molecule has 0 aliphatic carbocycles. The zero-order valence-electron chi connectivity index (χ0n) is 25.3. The third-order valence-corrected chi connectivity index (χ3v) is 8.06. The monoisotopic (exact) mass is 597 g/mol. The lowest BCUT2D eigenvalue weighted by molar-refractivity contribution is -0.161. The Balaban J connectivity index is 1.21. The van der Waals surface area contributed by atoms with E-state index in [2.05, 4.69) is 17.4 Å². The summed E-state index contributed by atoms with van der Waals surface area (Å²) in [5.41, 5.74) is 1.15. The van der Waals surface area contributed by atoms with Gasteiger partial charge in [0.1, 0.15) is 5.60 Å². The lowest BCUT2D eigenvalue weighted by atomic mass is 9.88. The molecule has 44 heavy (non-hydrogen) atoms. The van der Waals surface area contributed by atoms with Gasteiger partial charge in [-0.3, -0.25) is 4.79 Å². The van der Waals surface area contributed by atoms with Crippen molar-refractivity contribution in [2.24, 2.45) is 0 Å². The maximum atomic E-state index is 13.4. The normalized spacial score (nSPS) is 15.5. The molecule has 2 amide bonds. The Bertz CT molecular complexity index is 1650. The van der Waals surface area contributed by atoms with E-state index < -0.39 is 23.3 Å². The van der Waals surface area contributed by atoms with Crippen molar-refractivity contribution in [3.63, 3.8) is 0 Å². The van der Waals surface area contributed by atoms with Gasteiger partial charge >= 0.3 is 12.1 Å². The number of carboxylic acid groups (broad SMARTS) is 1. The van der Waals surface area contributed by atoms with E-state index in [0.29, 0.717) is 36.7 Å². The maximum Gasteiger partial charge on any atom is 0.407 e. The second-order valence-corrected chi connectivity index (χ2v) is 12.4. The summed E-state index contributed by atoms with van der Waals surface area (Å²) in [6, 6.07) is 23.8. The number of hydrogen-bond acceptors (Lipinski definition) is 5. The standard InChI is InChI=1S/C35H39N3O6/c1-34(2,3)44-33(42)36-22-24-8-7-9-26(20-24)25-14-17-37(18-15-25)31(39)28-12-13-30-27(21-28)16-19-38(30)23-35(43,32(40)41)29-10-5-4-6-11-29/h4-13,16,19-21,25,43H,14-15,17-18,22-23H2,1-3H3,(H,36,42)(H,40,41). The first kappa shape index (κ1) is 30.8. The van der Waals surface area contributed by atoms with Crippen LogP contribution in [0.5, 0.6) is 0 Å². The van der Waals surface area contributed by atoms with Crippen LogP contribution in [0.2, 0.25) is 0 Å². The van der Waals surface area contributed by atoms with E-state index in [9.17, 15) is 24.6 Å². The van der Waals surface area contributed by atoms with Crippen LogP contribution in [-0.2, 0) is 28.2 Å². The highest BCUT2D eigenvalue weighted by molar-refractivity contribution is 5.98. The van der Waals surface area contributed by atoms with Crippen LogP contribution in [0.3, 0.4) is 0 Å². The zero-order chi connectivity index (χ0) is 31.5. The fourth-order valence-corrected chi connectivity index (χ4v) is 5.76. The van der Waals surface area contributed by atoms with Gasteiger partial charge in [0.2, 0.25) is 5.60 Å². The average molecular weight is 598 g/mol. The molecule has 9 nitrogen and oxygen atoms in total. The number of aromatic nitrogens is 1. The lowest BCUT2D eigenvalue weighted by Crippen LogP contribution is -2.39. The summed E-state index contributed by atoms with van der Waals surface area (Å²) in [5, 5.41) is 24.6. The second kappa shape index (κ2) is 12.5. The van der Waals surface area contributed by atoms with E-state index in [4.69, 9.17) is 4.74 Å². The molecule has 1 aliphatic heterocycles. The van der Waals surface area contributed by atoms with Gasteiger partial charge in [-0.25, -0.2) is 9.59 Å². The number of fused-ring (bicyclic) bond motifs is 1. The summed E-state index contributed by atoms with van der Waals surface area (Å²) in [7, 11) is 0. The molecule has 1 aliphatic rings. The third-order valence-electron chi connectivity index (χ3n) is 8.06. The molecule has 1 atom stereocenters. The Morgan fingerprint density at radius 1 is 0.932 bits per heavy atom. The van der Waals surface area contributed by atoms with Crippen molar-refractivity contribution in [3.8, 4) is 0 Å². The molecular formula is C35H39N3O6. The van der Waals surface area contributed by atoms with Crippen LogP contribution in [0.4, 0.5) is 4.79 Å². The highest BCUT2D eigenvalue weighted by atomic mass is 16.6. The van der Waals surface area contributed by atoms with Crippen LogP contribution in [0.25, 0.3) is 10.9 Å². The molecule has 3 aromatic carbocycles. The molecule has 5 rings (SSSR count). The van der Waals surface area contributed by atoms with Crippen LogP contribution in [0.1, 0.15) is 66.6 Å². The number of aliphatic hydroxyl groups is 1. The first-order valence-corrected chi connectivity index (χ1v) is 14.9. The van der Waals surface area contributed by atoms with Crippen LogP contribution < -0.4 is 5.32 Å². The molecule has 0 radical (unpaired) electrons. The number of alkyl carbamates (subject to hydrolysis) is 1. The van der Waals surface area contributed by atoms with Gasteiger partial charge < -0.3 is 29.7 Å². The molecule has 3 N–H and O–H groups in total. The summed E-state index contributed by atoms with van der Waals surface area (Å²) in [4.78, 5) is 39.5. The van der Waals surface area contributed by atoms with Crippen molar-refractivity contribution >= 4 is 28.9 Å². The number of hydrogen-bond donors (Lipinski definition) is 3. The number of ether oxygens (including phenoxy) is 1. The van der Waals surface area contributed by atoms with Crippen LogP contribution in [0.15, 0.2) is 85.1 Å². The van der Waals surface area contributed by atoms with Crippen LogP contribution in [0, 0.1) is 0 Å². The van der Waals surface area contributed by atoms with E-state index in [1.165, 1.54) is 5.56 Å². The average Bonchev–Trinajstić information content (AvgIpc) is 3.41. The number of aliphatic carboxylic acids is 1. The number of likely N-dealkylation sites (tertiary alicyclic amines) is 1. The van der Waals surface area contributed by atoms with E-state index in [1.54, 1.807) is 53.2 Å². The van der Waals surface area contributed by atoms with Gasteiger partial charge in [0.25, 0.3) is 5.91 Å². The van der Waals surface area contributed by atoms with E-state index >= 15 is 0 Å². The van der Waals surface area contributed by atoms with Crippen molar-refractivity contribution in [2.45, 2.75) is 63.8 Å². The molecule has 1 aromatic heterocycles. The number of carboxylic acids is 1. The van der Waals surface area contributed by atoms with Crippen molar-refractivity contribution in [3.05, 3.63) is 107 Å². The Hall–Kier alpha value is -4.63. The molecule has 4 aromatic rings. The highest BCUT2D eigenvalue weighted by Crippen LogP contribution is 2.31. The number of rotatable bonds is 8. The Morgan fingerprint density at radius 3 is 2.34 bits per heavy atom. The van der Waals surface area contributed by atoms with E-state index in [-0.39, 0.29) is 12.5 Å². The largest absolute Gasteiger partial charge is 0.479 e. The first-order chi connectivity index (χ1) is 20.9. The molecule has 0 bridgehead atoms. The predicted octanol–water partition coefficient (Wildman–Crippen LogP) is 5.66. The molecule has 1 saturated heterocycles. The molecule has 9 heteroatoms. The van der Waals surface area contributed by atoms with Gasteiger partial charge in [-0.2, -0.15) is 0 Å². The Kier molecular flexibility index (Phi) is 8.78. The fraction of sp³-hybridized carbons (Fsp3) is 0.343. The molecule has 0 spiro atoms. The predicted molar refractivity (Wildman–Crippen MR) is 167 cm³/mol. The molecule has 0 saturated carbocycles. The van der Waals surface area contributed by atoms with E-state index in [0.717, 1.165) is 29.3 Å². The third kappa shape index (κ3) is 6.94. The number of benzene rings is 3. The van der Waals surface area contributed by atoms with Gasteiger partial charge in [-0.05, 0) is 80.5 Å². The number of amides is 2. The Labute approximate surface area is 257 Å². The van der Waals surface area contributed by atoms with Gasteiger partial charge in [0.15, 0.2) is 0 Å². The minimum atomic E-state index is -2.10. The summed E-state index contributed by atoms with van der Waals surface area (Å²) < 4.78 is 7.03. The zero-order valence-corrected chi connectivity index (χ0v) is 25.3. The Morgan fingerprint density at radius 2 is 1.66 bits per heavy atom. The summed E-state index contributed by atoms with van der Waals surface area (Å²) in [6.07, 6.45) is 2.96. The molecule has 1 fully saturated rings. The molecular weight excluding hydrogens is 558 g/mol. The quantitative estimate of drug-likeness (QED) is 0.241. The van der Waals surface area contributed by atoms with Crippen LogP contribution >= 0.6 is 0 Å². The van der Waals surface area contributed by atoms with Gasteiger partial charge in [0, 0.05) is 42.3 Å². The van der Waals surface area contributed by atoms with Gasteiger partial charge in [0.05, 0.1) is 6.54 Å².